The molecule has 6 nitrogen and oxygen atoms in total. The molecule has 1 saturated carbocycles. The zero-order valence-electron chi connectivity index (χ0n) is 19.7. The second-order valence-corrected chi connectivity index (χ2v) is 9.78. The van der Waals surface area contributed by atoms with Crippen molar-refractivity contribution >= 4 is 23.2 Å². The van der Waals surface area contributed by atoms with Crippen LogP contribution in [0.15, 0.2) is 42.5 Å². The fourth-order valence-corrected chi connectivity index (χ4v) is 4.36. The number of nitrogens with one attached hydrogen (secondary N) is 1. The van der Waals surface area contributed by atoms with Crippen molar-refractivity contribution in [3.63, 3.8) is 0 Å². The van der Waals surface area contributed by atoms with Crippen LogP contribution in [-0.2, 0) is 17.9 Å². The molecule has 1 aliphatic carbocycles. The van der Waals surface area contributed by atoms with Gasteiger partial charge in [-0.3, -0.25) is 9.69 Å². The highest BCUT2D eigenvalue weighted by Crippen LogP contribution is 2.34. The first kappa shape index (κ1) is 23.9. The van der Waals surface area contributed by atoms with Crippen molar-refractivity contribution in [2.24, 2.45) is 5.92 Å². The molecule has 4 rings (SSSR count). The molecule has 1 fully saturated rings. The van der Waals surface area contributed by atoms with Gasteiger partial charge in [0, 0.05) is 55.5 Å². The topological polar surface area (TPSA) is 48.0 Å². The van der Waals surface area contributed by atoms with Gasteiger partial charge in [0.05, 0.1) is 6.54 Å². The molecule has 1 heterocycles. The zero-order chi connectivity index (χ0) is 23.2. The molecular weight excluding hydrogens is 436 g/mol. The van der Waals surface area contributed by atoms with Gasteiger partial charge < -0.3 is 19.9 Å². The van der Waals surface area contributed by atoms with Gasteiger partial charge >= 0.3 is 0 Å². The number of anilines is 1. The Kier molecular flexibility index (Phi) is 8.12. The van der Waals surface area contributed by atoms with Crippen molar-refractivity contribution in [1.82, 2.24) is 14.7 Å². The van der Waals surface area contributed by atoms with Gasteiger partial charge in [-0.25, -0.2) is 0 Å². The Morgan fingerprint density at radius 1 is 1.15 bits per heavy atom. The van der Waals surface area contributed by atoms with Crippen LogP contribution in [0, 0.1) is 5.92 Å². The summed E-state index contributed by atoms with van der Waals surface area (Å²) in [6.07, 6.45) is 2.68. The molecule has 2 aliphatic rings. The maximum atomic E-state index is 13.3. The summed E-state index contributed by atoms with van der Waals surface area (Å²) in [7, 11) is 4.03. The summed E-state index contributed by atoms with van der Waals surface area (Å²) >= 11 is 6.37. The van der Waals surface area contributed by atoms with Gasteiger partial charge in [0.25, 0.3) is 0 Å². The number of nitrogens with zero attached hydrogens (tertiary/aromatic N) is 3. The number of halogens is 1. The molecule has 33 heavy (non-hydrogen) atoms. The van der Waals surface area contributed by atoms with Crippen LogP contribution in [0.25, 0.3) is 0 Å². The van der Waals surface area contributed by atoms with E-state index < -0.39 is 0 Å². The molecule has 1 amide bonds. The van der Waals surface area contributed by atoms with Gasteiger partial charge in [0.2, 0.25) is 5.91 Å². The first-order valence-electron chi connectivity index (χ1n) is 11.9. The number of likely N-dealkylation sites (N-methyl/N-ethyl adjacent to an activating group) is 1. The Labute approximate surface area is 202 Å². The Hall–Kier alpha value is -2.28. The first-order chi connectivity index (χ1) is 16.0. The largest absolute Gasteiger partial charge is 0.492 e. The summed E-state index contributed by atoms with van der Waals surface area (Å²) in [5.74, 6) is 1.81. The summed E-state index contributed by atoms with van der Waals surface area (Å²) in [5.41, 5.74) is 3.09. The minimum Gasteiger partial charge on any atom is -0.492 e. The molecule has 7 heteroatoms. The molecule has 0 bridgehead atoms. The maximum Gasteiger partial charge on any atom is 0.242 e. The number of benzene rings is 2. The number of carbonyl (C=O) groups is 1. The lowest BCUT2D eigenvalue weighted by atomic mass is 10.1. The van der Waals surface area contributed by atoms with E-state index in [-0.39, 0.29) is 12.5 Å². The quantitative estimate of drug-likeness (QED) is 0.569. The molecule has 2 aromatic rings. The van der Waals surface area contributed by atoms with Gasteiger partial charge in [-0.15, -0.1) is 0 Å². The Bertz CT molecular complexity index is 948. The highest BCUT2D eigenvalue weighted by atomic mass is 35.5. The van der Waals surface area contributed by atoms with Crippen molar-refractivity contribution in [2.45, 2.75) is 25.9 Å². The second kappa shape index (κ2) is 11.2. The molecule has 2 aromatic carbocycles. The van der Waals surface area contributed by atoms with Crippen molar-refractivity contribution in [2.75, 3.05) is 58.7 Å². The number of hydrogen-bond donors (Lipinski definition) is 1. The molecule has 0 aromatic heterocycles. The van der Waals surface area contributed by atoms with E-state index in [1.54, 1.807) is 0 Å². The summed E-state index contributed by atoms with van der Waals surface area (Å²) < 4.78 is 6.04. The number of rotatable bonds is 10. The van der Waals surface area contributed by atoms with Crippen molar-refractivity contribution in [3.05, 3.63) is 58.6 Å². The molecule has 0 atom stereocenters. The van der Waals surface area contributed by atoms with Crippen molar-refractivity contribution < 1.29 is 9.53 Å². The fourth-order valence-electron chi connectivity index (χ4n) is 4.17. The SMILES string of the molecule is CN(C)CCN(Cc1ccccc1Cl)C(=O)CNc1cccc2c1CN(CC1CC1)CCO2. The van der Waals surface area contributed by atoms with Gasteiger partial charge in [-0.05, 0) is 56.6 Å². The molecule has 1 N–H and O–H groups in total. The van der Waals surface area contributed by atoms with Crippen LogP contribution in [0.4, 0.5) is 5.69 Å². The van der Waals surface area contributed by atoms with Crippen LogP contribution in [0.5, 0.6) is 5.75 Å². The summed E-state index contributed by atoms with van der Waals surface area (Å²) in [6, 6.07) is 13.8. The third kappa shape index (κ3) is 6.85. The van der Waals surface area contributed by atoms with Gasteiger partial charge in [-0.1, -0.05) is 35.9 Å². The minimum atomic E-state index is 0.0544. The Balaban J connectivity index is 1.44. The number of fused-ring (bicyclic) bond motifs is 1. The van der Waals surface area contributed by atoms with E-state index in [1.807, 2.05) is 61.5 Å². The highest BCUT2D eigenvalue weighted by Gasteiger charge is 2.27. The predicted octanol–water partition coefficient (Wildman–Crippen LogP) is 3.95. The molecular formula is C26H35ClN4O2. The lowest BCUT2D eigenvalue weighted by Gasteiger charge is -2.26. The molecule has 0 saturated heterocycles. The van der Waals surface area contributed by atoms with Gasteiger partial charge in [-0.2, -0.15) is 0 Å². The third-order valence-corrected chi connectivity index (χ3v) is 6.68. The van der Waals surface area contributed by atoms with Crippen LogP contribution in [0.3, 0.4) is 0 Å². The number of hydrogen-bond acceptors (Lipinski definition) is 5. The first-order valence-corrected chi connectivity index (χ1v) is 12.2. The average molecular weight is 471 g/mol. The second-order valence-electron chi connectivity index (χ2n) is 9.37. The predicted molar refractivity (Wildman–Crippen MR) is 134 cm³/mol. The van der Waals surface area contributed by atoms with Crippen LogP contribution in [0.1, 0.15) is 24.0 Å². The molecule has 0 unspecified atom stereocenters. The van der Waals surface area contributed by atoms with E-state index in [0.29, 0.717) is 24.7 Å². The lowest BCUT2D eigenvalue weighted by molar-refractivity contribution is -0.130. The number of carbonyl (C=O) groups excluding carboxylic acids is 1. The standard InChI is InChI=1S/C26H35ClN4O2/c1-29(2)12-13-31(18-21-6-3-4-7-23(21)27)26(32)16-28-24-8-5-9-25-22(24)19-30(14-15-33-25)17-20-10-11-20/h3-9,20,28H,10-19H2,1-2H3. The van der Waals surface area contributed by atoms with E-state index in [1.165, 1.54) is 12.8 Å². The lowest BCUT2D eigenvalue weighted by Crippen LogP contribution is -2.39. The van der Waals surface area contributed by atoms with Gasteiger partial charge in [0.15, 0.2) is 0 Å². The molecule has 0 spiro atoms. The minimum absolute atomic E-state index is 0.0544. The number of amides is 1. The van der Waals surface area contributed by atoms with E-state index in [2.05, 4.69) is 15.1 Å². The van der Waals surface area contributed by atoms with E-state index in [0.717, 1.165) is 54.7 Å². The van der Waals surface area contributed by atoms with Gasteiger partial charge in [0.1, 0.15) is 12.4 Å². The Morgan fingerprint density at radius 3 is 2.73 bits per heavy atom. The normalized spacial score (nSPS) is 16.1. The van der Waals surface area contributed by atoms with Crippen LogP contribution >= 0.6 is 11.6 Å². The molecule has 0 radical (unpaired) electrons. The van der Waals surface area contributed by atoms with E-state index >= 15 is 0 Å². The third-order valence-electron chi connectivity index (χ3n) is 6.31. The smallest absolute Gasteiger partial charge is 0.242 e. The summed E-state index contributed by atoms with van der Waals surface area (Å²) in [4.78, 5) is 19.7. The average Bonchev–Trinajstić information content (AvgIpc) is 3.63. The maximum absolute atomic E-state index is 13.3. The summed E-state index contributed by atoms with van der Waals surface area (Å²) in [6.45, 7) is 5.80. The van der Waals surface area contributed by atoms with Crippen molar-refractivity contribution in [3.8, 4) is 5.75 Å². The van der Waals surface area contributed by atoms with Crippen LogP contribution in [-0.4, -0.2) is 74.0 Å². The van der Waals surface area contributed by atoms with Crippen LogP contribution < -0.4 is 10.1 Å². The van der Waals surface area contributed by atoms with Crippen molar-refractivity contribution in [1.29, 1.82) is 0 Å². The monoisotopic (exact) mass is 470 g/mol. The summed E-state index contributed by atoms with van der Waals surface area (Å²) in [5, 5.41) is 4.10. The van der Waals surface area contributed by atoms with Crippen LogP contribution in [0.2, 0.25) is 5.02 Å². The zero-order valence-corrected chi connectivity index (χ0v) is 20.5. The Morgan fingerprint density at radius 2 is 1.97 bits per heavy atom. The number of ether oxygens (including phenoxy) is 1. The van der Waals surface area contributed by atoms with E-state index in [9.17, 15) is 4.79 Å². The fraction of sp³-hybridized carbons (Fsp3) is 0.500. The van der Waals surface area contributed by atoms with E-state index in [4.69, 9.17) is 16.3 Å². The highest BCUT2D eigenvalue weighted by molar-refractivity contribution is 6.31. The molecule has 178 valence electrons. The molecule has 1 aliphatic heterocycles.